The van der Waals surface area contributed by atoms with Crippen LogP contribution in [0, 0.1) is 0 Å². The van der Waals surface area contributed by atoms with Crippen LogP contribution < -0.4 is 5.32 Å². The van der Waals surface area contributed by atoms with E-state index in [-0.39, 0.29) is 12.5 Å². The molecular formula is C13H23N3O3. The minimum atomic E-state index is -0.897. The maximum atomic E-state index is 12.2. The Kier molecular flexibility index (Phi) is 3.99. The molecule has 0 saturated carbocycles. The van der Waals surface area contributed by atoms with Crippen molar-refractivity contribution < 1.29 is 14.7 Å². The minimum absolute atomic E-state index is 0.0673. The Bertz CT molecular complexity index is 370. The van der Waals surface area contributed by atoms with Gasteiger partial charge in [-0.3, -0.25) is 9.69 Å². The summed E-state index contributed by atoms with van der Waals surface area (Å²) >= 11 is 0. The molecule has 19 heavy (non-hydrogen) atoms. The highest BCUT2D eigenvalue weighted by Crippen LogP contribution is 2.21. The first-order chi connectivity index (χ1) is 8.87. The molecule has 2 aliphatic heterocycles. The average molecular weight is 269 g/mol. The highest BCUT2D eigenvalue weighted by Gasteiger charge is 2.34. The molecule has 2 rings (SSSR count). The summed E-state index contributed by atoms with van der Waals surface area (Å²) in [5.41, 5.74) is -0.713. The maximum Gasteiger partial charge on any atom is 0.317 e. The second-order valence-electron chi connectivity index (χ2n) is 6.16. The zero-order valence-corrected chi connectivity index (χ0v) is 11.7. The van der Waals surface area contributed by atoms with Gasteiger partial charge in [-0.2, -0.15) is 0 Å². The number of urea groups is 1. The molecule has 2 N–H and O–H groups in total. The van der Waals surface area contributed by atoms with Crippen LogP contribution >= 0.6 is 0 Å². The van der Waals surface area contributed by atoms with Crippen LogP contribution in [0.25, 0.3) is 0 Å². The topological polar surface area (TPSA) is 72.9 Å². The summed E-state index contributed by atoms with van der Waals surface area (Å²) in [6.07, 6.45) is 2.30. The van der Waals surface area contributed by atoms with Crippen LogP contribution in [0.3, 0.4) is 0 Å². The third-order valence-corrected chi connectivity index (χ3v) is 3.91. The number of hydrogen-bond donors (Lipinski definition) is 2. The molecule has 1 atom stereocenters. The Morgan fingerprint density at radius 1 is 1.32 bits per heavy atom. The standard InChI is InChI=1S/C13H23N3O3/c1-13(2,8-11(17)18)14-12(19)16-7-6-15-5-3-4-10(15)9-16/h10H,3-9H2,1-2H3,(H,14,19)(H,17,18). The van der Waals surface area contributed by atoms with Gasteiger partial charge in [0.15, 0.2) is 0 Å². The predicted molar refractivity (Wildman–Crippen MR) is 71.0 cm³/mol. The Morgan fingerprint density at radius 3 is 2.74 bits per heavy atom. The number of piperazine rings is 1. The van der Waals surface area contributed by atoms with E-state index in [0.29, 0.717) is 6.04 Å². The van der Waals surface area contributed by atoms with Crippen molar-refractivity contribution in [1.29, 1.82) is 0 Å². The largest absolute Gasteiger partial charge is 0.481 e. The summed E-state index contributed by atoms with van der Waals surface area (Å²) in [6.45, 7) is 7.04. The van der Waals surface area contributed by atoms with Crippen molar-refractivity contribution in [2.24, 2.45) is 0 Å². The fourth-order valence-electron chi connectivity index (χ4n) is 2.97. The molecule has 2 amide bonds. The molecule has 2 fully saturated rings. The van der Waals surface area contributed by atoms with Crippen molar-refractivity contribution in [1.82, 2.24) is 15.1 Å². The lowest BCUT2D eigenvalue weighted by molar-refractivity contribution is -0.138. The van der Waals surface area contributed by atoms with E-state index >= 15 is 0 Å². The van der Waals surface area contributed by atoms with Gasteiger partial charge >= 0.3 is 12.0 Å². The quantitative estimate of drug-likeness (QED) is 0.792. The molecule has 6 heteroatoms. The highest BCUT2D eigenvalue weighted by molar-refractivity contribution is 5.77. The SMILES string of the molecule is CC(C)(CC(=O)O)NC(=O)N1CCN2CCCC2C1. The van der Waals surface area contributed by atoms with Gasteiger partial charge < -0.3 is 15.3 Å². The number of hydrogen-bond acceptors (Lipinski definition) is 3. The summed E-state index contributed by atoms with van der Waals surface area (Å²) < 4.78 is 0. The molecule has 0 radical (unpaired) electrons. The predicted octanol–water partition coefficient (Wildman–Crippen LogP) is 0.729. The van der Waals surface area contributed by atoms with Crippen molar-refractivity contribution >= 4 is 12.0 Å². The monoisotopic (exact) mass is 269 g/mol. The van der Waals surface area contributed by atoms with Gasteiger partial charge in [-0.25, -0.2) is 4.79 Å². The summed E-state index contributed by atoms with van der Waals surface area (Å²) in [5, 5.41) is 11.6. The summed E-state index contributed by atoms with van der Waals surface area (Å²) in [7, 11) is 0. The van der Waals surface area contributed by atoms with Gasteiger partial charge in [-0.15, -0.1) is 0 Å². The van der Waals surface area contributed by atoms with Gasteiger partial charge in [0.05, 0.1) is 6.42 Å². The van der Waals surface area contributed by atoms with Crippen LogP contribution in [0.15, 0.2) is 0 Å². The first-order valence-electron chi connectivity index (χ1n) is 6.90. The molecule has 0 aromatic heterocycles. The molecule has 2 heterocycles. The Balaban J connectivity index is 1.88. The molecule has 0 aliphatic carbocycles. The molecule has 0 bridgehead atoms. The van der Waals surface area contributed by atoms with E-state index in [9.17, 15) is 9.59 Å². The normalized spacial score (nSPS) is 24.1. The number of nitrogens with one attached hydrogen (secondary N) is 1. The van der Waals surface area contributed by atoms with Crippen molar-refractivity contribution in [2.75, 3.05) is 26.2 Å². The number of carboxylic acids is 1. The number of fused-ring (bicyclic) bond motifs is 1. The Morgan fingerprint density at radius 2 is 2.05 bits per heavy atom. The summed E-state index contributed by atoms with van der Waals surface area (Å²) in [5.74, 6) is -0.897. The average Bonchev–Trinajstić information content (AvgIpc) is 2.72. The molecular weight excluding hydrogens is 246 g/mol. The molecule has 6 nitrogen and oxygen atoms in total. The number of carbonyl (C=O) groups is 2. The Labute approximate surface area is 113 Å². The van der Waals surface area contributed by atoms with Crippen LogP contribution in [0.1, 0.15) is 33.1 Å². The number of aliphatic carboxylic acids is 1. The van der Waals surface area contributed by atoms with Crippen molar-refractivity contribution in [3.8, 4) is 0 Å². The summed E-state index contributed by atoms with van der Waals surface area (Å²) in [6, 6.07) is 0.347. The minimum Gasteiger partial charge on any atom is -0.481 e. The fraction of sp³-hybridized carbons (Fsp3) is 0.846. The van der Waals surface area contributed by atoms with E-state index in [2.05, 4.69) is 10.2 Å². The smallest absolute Gasteiger partial charge is 0.317 e. The molecule has 2 aliphatic rings. The second-order valence-corrected chi connectivity index (χ2v) is 6.16. The van der Waals surface area contributed by atoms with Crippen LogP contribution in [0.5, 0.6) is 0 Å². The van der Waals surface area contributed by atoms with E-state index in [4.69, 9.17) is 5.11 Å². The second kappa shape index (κ2) is 5.36. The first kappa shape index (κ1) is 14.1. The molecule has 0 aromatic carbocycles. The molecule has 108 valence electrons. The number of carbonyl (C=O) groups excluding carboxylic acids is 1. The van der Waals surface area contributed by atoms with Crippen molar-refractivity contribution in [3.05, 3.63) is 0 Å². The van der Waals surface area contributed by atoms with Gasteiger partial charge in [0.1, 0.15) is 0 Å². The lowest BCUT2D eigenvalue weighted by atomic mass is 10.0. The molecule has 0 spiro atoms. The lowest BCUT2D eigenvalue weighted by Crippen LogP contribution is -2.58. The number of carboxylic acid groups (broad SMARTS) is 1. The van der Waals surface area contributed by atoms with E-state index in [1.807, 2.05) is 4.90 Å². The zero-order chi connectivity index (χ0) is 14.0. The van der Waals surface area contributed by atoms with Gasteiger partial charge in [-0.05, 0) is 33.2 Å². The van der Waals surface area contributed by atoms with Crippen LogP contribution in [-0.4, -0.2) is 64.7 Å². The zero-order valence-electron chi connectivity index (χ0n) is 11.7. The third-order valence-electron chi connectivity index (χ3n) is 3.91. The molecule has 1 unspecified atom stereocenters. The number of amides is 2. The van der Waals surface area contributed by atoms with Crippen LogP contribution in [-0.2, 0) is 4.79 Å². The number of rotatable bonds is 3. The van der Waals surface area contributed by atoms with E-state index in [1.54, 1.807) is 13.8 Å². The third kappa shape index (κ3) is 3.59. The summed E-state index contributed by atoms with van der Waals surface area (Å²) in [4.78, 5) is 27.2. The van der Waals surface area contributed by atoms with E-state index < -0.39 is 11.5 Å². The van der Waals surface area contributed by atoms with Crippen LogP contribution in [0.4, 0.5) is 4.79 Å². The molecule has 2 saturated heterocycles. The first-order valence-corrected chi connectivity index (χ1v) is 6.90. The van der Waals surface area contributed by atoms with E-state index in [0.717, 1.165) is 32.6 Å². The van der Waals surface area contributed by atoms with Gasteiger partial charge in [0.25, 0.3) is 0 Å². The molecule has 0 aromatic rings. The van der Waals surface area contributed by atoms with Crippen molar-refractivity contribution in [3.63, 3.8) is 0 Å². The van der Waals surface area contributed by atoms with E-state index in [1.165, 1.54) is 6.42 Å². The van der Waals surface area contributed by atoms with Crippen LogP contribution in [0.2, 0.25) is 0 Å². The van der Waals surface area contributed by atoms with Crippen molar-refractivity contribution in [2.45, 2.75) is 44.7 Å². The number of nitrogens with zero attached hydrogens (tertiary/aromatic N) is 2. The Hall–Kier alpha value is -1.30. The van der Waals surface area contributed by atoms with Gasteiger partial charge in [-0.1, -0.05) is 0 Å². The van der Waals surface area contributed by atoms with Gasteiger partial charge in [0.2, 0.25) is 0 Å². The fourth-order valence-corrected chi connectivity index (χ4v) is 2.97. The van der Waals surface area contributed by atoms with Gasteiger partial charge in [0, 0.05) is 31.2 Å². The maximum absolute atomic E-state index is 12.2. The highest BCUT2D eigenvalue weighted by atomic mass is 16.4. The lowest BCUT2D eigenvalue weighted by Gasteiger charge is -2.39.